The van der Waals surface area contributed by atoms with E-state index in [0.717, 1.165) is 39.1 Å². The maximum atomic E-state index is 12.3. The molecule has 0 aromatic heterocycles. The molecule has 0 aliphatic carbocycles. The Morgan fingerprint density at radius 1 is 1.35 bits per heavy atom. The van der Waals surface area contributed by atoms with E-state index >= 15 is 0 Å². The van der Waals surface area contributed by atoms with E-state index in [4.69, 9.17) is 0 Å². The Labute approximate surface area is 104 Å². The molecule has 2 aliphatic heterocycles. The fraction of sp³-hybridized carbons (Fsp3) is 0.923. The van der Waals surface area contributed by atoms with E-state index in [0.29, 0.717) is 18.0 Å². The van der Waals surface area contributed by atoms with E-state index in [1.807, 2.05) is 0 Å². The summed E-state index contributed by atoms with van der Waals surface area (Å²) in [5.74, 6) is 0.595. The van der Waals surface area contributed by atoms with Gasteiger partial charge in [0.15, 0.2) is 0 Å². The topological polar surface area (TPSA) is 35.6 Å². The van der Waals surface area contributed by atoms with E-state index in [9.17, 15) is 4.79 Å². The summed E-state index contributed by atoms with van der Waals surface area (Å²) in [6.45, 7) is 11.4. The fourth-order valence-electron chi connectivity index (χ4n) is 3.06. The second kappa shape index (κ2) is 5.36. The highest BCUT2D eigenvalue weighted by molar-refractivity contribution is 5.79. The average molecular weight is 239 g/mol. The molecule has 0 bridgehead atoms. The lowest BCUT2D eigenvalue weighted by Gasteiger charge is -2.42. The molecule has 2 fully saturated rings. The van der Waals surface area contributed by atoms with E-state index in [-0.39, 0.29) is 5.92 Å². The highest BCUT2D eigenvalue weighted by atomic mass is 16.2. The first-order valence-corrected chi connectivity index (χ1v) is 6.85. The highest BCUT2D eigenvalue weighted by Crippen LogP contribution is 2.17. The first-order valence-electron chi connectivity index (χ1n) is 6.85. The zero-order valence-corrected chi connectivity index (χ0v) is 11.3. The highest BCUT2D eigenvalue weighted by Gasteiger charge is 2.32. The minimum Gasteiger partial charge on any atom is -0.340 e. The lowest BCUT2D eigenvalue weighted by Crippen LogP contribution is -2.56. The van der Waals surface area contributed by atoms with Gasteiger partial charge in [-0.15, -0.1) is 0 Å². The third-order valence-electron chi connectivity index (χ3n) is 4.06. The van der Waals surface area contributed by atoms with Crippen LogP contribution in [-0.2, 0) is 4.79 Å². The third kappa shape index (κ3) is 2.80. The molecular formula is C13H25N3O. The molecule has 2 aliphatic rings. The molecule has 0 aromatic carbocycles. The average Bonchev–Trinajstić information content (AvgIpc) is 2.80. The molecule has 98 valence electrons. The van der Waals surface area contributed by atoms with Gasteiger partial charge in [-0.05, 0) is 33.7 Å². The SMILES string of the molecule is CC(C)N1CCN(C(=O)[C@H]2CCNC2)C[C@@H]1C. The number of nitrogens with one attached hydrogen (secondary N) is 1. The van der Waals surface area contributed by atoms with Crippen LogP contribution in [0.3, 0.4) is 0 Å². The van der Waals surface area contributed by atoms with E-state index in [1.54, 1.807) is 0 Å². The number of nitrogens with zero attached hydrogens (tertiary/aromatic N) is 2. The van der Waals surface area contributed by atoms with Crippen molar-refractivity contribution in [2.24, 2.45) is 5.92 Å². The van der Waals surface area contributed by atoms with Crippen molar-refractivity contribution in [1.29, 1.82) is 0 Å². The zero-order chi connectivity index (χ0) is 12.4. The molecule has 4 nitrogen and oxygen atoms in total. The first-order chi connectivity index (χ1) is 8.09. The molecule has 0 unspecified atom stereocenters. The zero-order valence-electron chi connectivity index (χ0n) is 11.3. The summed E-state index contributed by atoms with van der Waals surface area (Å²) in [6, 6.07) is 1.07. The molecule has 2 heterocycles. The van der Waals surface area contributed by atoms with Crippen molar-refractivity contribution in [1.82, 2.24) is 15.1 Å². The third-order valence-corrected chi connectivity index (χ3v) is 4.06. The molecule has 4 heteroatoms. The Morgan fingerprint density at radius 2 is 2.12 bits per heavy atom. The van der Waals surface area contributed by atoms with Crippen LogP contribution in [0.5, 0.6) is 0 Å². The van der Waals surface area contributed by atoms with Gasteiger partial charge in [-0.1, -0.05) is 0 Å². The number of piperazine rings is 1. The molecule has 2 saturated heterocycles. The number of hydrogen-bond acceptors (Lipinski definition) is 3. The summed E-state index contributed by atoms with van der Waals surface area (Å²) in [7, 11) is 0. The molecule has 2 atom stereocenters. The maximum Gasteiger partial charge on any atom is 0.227 e. The van der Waals surface area contributed by atoms with Gasteiger partial charge in [0, 0.05) is 38.3 Å². The Kier molecular flexibility index (Phi) is 4.05. The number of amides is 1. The summed E-state index contributed by atoms with van der Waals surface area (Å²) in [4.78, 5) is 16.8. The van der Waals surface area contributed by atoms with Crippen LogP contribution in [0, 0.1) is 5.92 Å². The van der Waals surface area contributed by atoms with Crippen LogP contribution >= 0.6 is 0 Å². The second-order valence-electron chi connectivity index (χ2n) is 5.65. The van der Waals surface area contributed by atoms with Crippen LogP contribution < -0.4 is 5.32 Å². The number of carbonyl (C=O) groups excluding carboxylic acids is 1. The van der Waals surface area contributed by atoms with Crippen LogP contribution in [0.4, 0.5) is 0 Å². The van der Waals surface area contributed by atoms with Crippen molar-refractivity contribution in [3.05, 3.63) is 0 Å². The number of hydrogen-bond donors (Lipinski definition) is 1. The lowest BCUT2D eigenvalue weighted by atomic mass is 10.0. The second-order valence-corrected chi connectivity index (χ2v) is 5.65. The van der Waals surface area contributed by atoms with Crippen LogP contribution in [0.25, 0.3) is 0 Å². The van der Waals surface area contributed by atoms with Crippen LogP contribution in [0.2, 0.25) is 0 Å². The summed E-state index contributed by atoms with van der Waals surface area (Å²) in [5, 5.41) is 3.27. The fourth-order valence-corrected chi connectivity index (χ4v) is 3.06. The minimum atomic E-state index is 0.229. The van der Waals surface area contributed by atoms with Gasteiger partial charge < -0.3 is 10.2 Å². The Hall–Kier alpha value is -0.610. The summed E-state index contributed by atoms with van der Waals surface area (Å²) >= 11 is 0. The molecule has 2 rings (SSSR count). The smallest absolute Gasteiger partial charge is 0.227 e. The van der Waals surface area contributed by atoms with Crippen LogP contribution in [0.1, 0.15) is 27.2 Å². The largest absolute Gasteiger partial charge is 0.340 e. The lowest BCUT2D eigenvalue weighted by molar-refractivity contribution is -0.138. The quantitative estimate of drug-likeness (QED) is 0.764. The van der Waals surface area contributed by atoms with Gasteiger partial charge in [-0.2, -0.15) is 0 Å². The van der Waals surface area contributed by atoms with Crippen molar-refractivity contribution in [3.8, 4) is 0 Å². The summed E-state index contributed by atoms with van der Waals surface area (Å²) < 4.78 is 0. The predicted molar refractivity (Wildman–Crippen MR) is 68.9 cm³/mol. The molecular weight excluding hydrogens is 214 g/mol. The van der Waals surface area contributed by atoms with E-state index in [1.165, 1.54) is 0 Å². The normalized spacial score (nSPS) is 31.2. The van der Waals surface area contributed by atoms with Crippen LogP contribution in [0.15, 0.2) is 0 Å². The number of rotatable bonds is 2. The van der Waals surface area contributed by atoms with E-state index < -0.39 is 0 Å². The Bertz CT molecular complexity index is 274. The molecule has 17 heavy (non-hydrogen) atoms. The Morgan fingerprint density at radius 3 is 2.65 bits per heavy atom. The van der Waals surface area contributed by atoms with Gasteiger partial charge in [-0.3, -0.25) is 9.69 Å². The van der Waals surface area contributed by atoms with Gasteiger partial charge in [0.2, 0.25) is 5.91 Å². The first kappa shape index (κ1) is 12.8. The summed E-state index contributed by atoms with van der Waals surface area (Å²) in [6.07, 6.45) is 1.01. The van der Waals surface area contributed by atoms with E-state index in [2.05, 4.69) is 35.9 Å². The van der Waals surface area contributed by atoms with Crippen molar-refractivity contribution in [3.63, 3.8) is 0 Å². The molecule has 0 aromatic rings. The van der Waals surface area contributed by atoms with Gasteiger partial charge in [-0.25, -0.2) is 0 Å². The van der Waals surface area contributed by atoms with Crippen molar-refractivity contribution in [2.45, 2.75) is 39.3 Å². The number of carbonyl (C=O) groups is 1. The molecule has 0 spiro atoms. The van der Waals surface area contributed by atoms with Crippen molar-refractivity contribution in [2.75, 3.05) is 32.7 Å². The Balaban J connectivity index is 1.90. The maximum absolute atomic E-state index is 12.3. The van der Waals surface area contributed by atoms with Gasteiger partial charge in [0.25, 0.3) is 0 Å². The molecule has 1 amide bonds. The minimum absolute atomic E-state index is 0.229. The predicted octanol–water partition coefficient (Wildman–Crippen LogP) is 0.537. The van der Waals surface area contributed by atoms with Crippen molar-refractivity contribution < 1.29 is 4.79 Å². The standard InChI is InChI=1S/C13H25N3O/c1-10(2)16-7-6-15(9-11(16)3)13(17)12-4-5-14-8-12/h10-12,14H,4-9H2,1-3H3/t11-,12-/m0/s1. The van der Waals surface area contributed by atoms with Gasteiger partial charge in [0.05, 0.1) is 5.92 Å². The van der Waals surface area contributed by atoms with Crippen LogP contribution in [-0.4, -0.2) is 60.5 Å². The van der Waals surface area contributed by atoms with Crippen molar-refractivity contribution >= 4 is 5.91 Å². The molecule has 0 saturated carbocycles. The van der Waals surface area contributed by atoms with Gasteiger partial charge >= 0.3 is 0 Å². The summed E-state index contributed by atoms with van der Waals surface area (Å²) in [5.41, 5.74) is 0. The van der Waals surface area contributed by atoms with Gasteiger partial charge in [0.1, 0.15) is 0 Å². The monoisotopic (exact) mass is 239 g/mol. The molecule has 1 N–H and O–H groups in total. The molecule has 0 radical (unpaired) electrons.